The van der Waals surface area contributed by atoms with Gasteiger partial charge in [-0.2, -0.15) is 5.26 Å². The fourth-order valence-corrected chi connectivity index (χ4v) is 2.55. The standard InChI is InChI=1S/C19H15N3O4/c1-12-16(19(24)25-2)15(11-20)18(26-12)21-17(23)13-5-7-14(8-6-13)22-9-3-4-10-22/h3-10H,1-2H3,(H,21,23). The molecule has 0 atom stereocenters. The summed E-state index contributed by atoms with van der Waals surface area (Å²) in [5.41, 5.74) is 1.24. The highest BCUT2D eigenvalue weighted by Crippen LogP contribution is 2.27. The first-order valence-corrected chi connectivity index (χ1v) is 7.71. The van der Waals surface area contributed by atoms with E-state index in [1.54, 1.807) is 24.3 Å². The number of hydrogen-bond acceptors (Lipinski definition) is 5. The number of aryl methyl sites for hydroxylation is 1. The van der Waals surface area contributed by atoms with Crippen LogP contribution in [0.4, 0.5) is 5.88 Å². The van der Waals surface area contributed by atoms with Crippen molar-refractivity contribution in [2.75, 3.05) is 12.4 Å². The number of furan rings is 1. The summed E-state index contributed by atoms with van der Waals surface area (Å²) in [6.45, 7) is 1.52. The molecule has 0 saturated heterocycles. The second kappa shape index (κ2) is 6.99. The minimum absolute atomic E-state index is 0.00764. The lowest BCUT2D eigenvalue weighted by atomic mass is 10.1. The largest absolute Gasteiger partial charge is 0.465 e. The summed E-state index contributed by atoms with van der Waals surface area (Å²) in [6, 6.07) is 12.6. The third-order valence-electron chi connectivity index (χ3n) is 3.84. The van der Waals surface area contributed by atoms with Crippen molar-refractivity contribution in [3.05, 3.63) is 71.2 Å². The van der Waals surface area contributed by atoms with Crippen molar-refractivity contribution >= 4 is 17.8 Å². The highest BCUT2D eigenvalue weighted by atomic mass is 16.5. The number of methoxy groups -OCH3 is 1. The van der Waals surface area contributed by atoms with E-state index in [1.807, 2.05) is 35.2 Å². The van der Waals surface area contributed by atoms with Crippen LogP contribution in [0, 0.1) is 18.3 Å². The van der Waals surface area contributed by atoms with Gasteiger partial charge in [-0.15, -0.1) is 0 Å². The second-order valence-electron chi connectivity index (χ2n) is 5.43. The number of nitrogens with one attached hydrogen (secondary N) is 1. The number of ether oxygens (including phenoxy) is 1. The Balaban J connectivity index is 1.84. The molecule has 0 radical (unpaired) electrons. The minimum Gasteiger partial charge on any atom is -0.465 e. The van der Waals surface area contributed by atoms with Crippen LogP contribution in [0.15, 0.2) is 53.2 Å². The first-order chi connectivity index (χ1) is 12.5. The summed E-state index contributed by atoms with van der Waals surface area (Å²) in [6.07, 6.45) is 3.79. The average Bonchev–Trinajstić information content (AvgIpc) is 3.29. The van der Waals surface area contributed by atoms with E-state index in [2.05, 4.69) is 10.1 Å². The Kier molecular flexibility index (Phi) is 4.58. The molecule has 7 nitrogen and oxygen atoms in total. The molecular weight excluding hydrogens is 334 g/mol. The maximum atomic E-state index is 12.4. The Labute approximate surface area is 149 Å². The van der Waals surface area contributed by atoms with Crippen molar-refractivity contribution < 1.29 is 18.7 Å². The molecule has 0 aliphatic rings. The predicted molar refractivity (Wildman–Crippen MR) is 93.2 cm³/mol. The zero-order valence-corrected chi connectivity index (χ0v) is 14.1. The normalized spacial score (nSPS) is 10.2. The molecular formula is C19H15N3O4. The number of amides is 1. The van der Waals surface area contributed by atoms with Crippen molar-refractivity contribution in [2.45, 2.75) is 6.92 Å². The van der Waals surface area contributed by atoms with Gasteiger partial charge in [-0.3, -0.25) is 10.1 Å². The van der Waals surface area contributed by atoms with E-state index in [0.717, 1.165) is 5.69 Å². The van der Waals surface area contributed by atoms with Gasteiger partial charge in [-0.25, -0.2) is 4.79 Å². The minimum atomic E-state index is -0.695. The molecule has 0 aliphatic heterocycles. The van der Waals surface area contributed by atoms with Crippen molar-refractivity contribution in [2.24, 2.45) is 0 Å². The molecule has 3 rings (SSSR count). The van der Waals surface area contributed by atoms with Gasteiger partial charge < -0.3 is 13.7 Å². The molecule has 1 N–H and O–H groups in total. The number of esters is 1. The molecule has 7 heteroatoms. The van der Waals surface area contributed by atoms with E-state index in [4.69, 9.17) is 4.42 Å². The topological polar surface area (TPSA) is 97.3 Å². The Morgan fingerprint density at radius 1 is 1.19 bits per heavy atom. The highest BCUT2D eigenvalue weighted by molar-refractivity contribution is 6.05. The van der Waals surface area contributed by atoms with Gasteiger partial charge in [0.1, 0.15) is 23.0 Å². The first-order valence-electron chi connectivity index (χ1n) is 7.71. The molecule has 2 aromatic heterocycles. The van der Waals surface area contributed by atoms with Gasteiger partial charge in [-0.05, 0) is 43.3 Å². The zero-order chi connectivity index (χ0) is 18.7. The van der Waals surface area contributed by atoms with Crippen LogP contribution in [0.3, 0.4) is 0 Å². The summed E-state index contributed by atoms with van der Waals surface area (Å²) in [5.74, 6) is -1.03. The fraction of sp³-hybridized carbons (Fsp3) is 0.105. The SMILES string of the molecule is COC(=O)c1c(C)oc(NC(=O)c2ccc(-n3cccc3)cc2)c1C#N. The molecule has 0 aliphatic carbocycles. The van der Waals surface area contributed by atoms with Crippen LogP contribution in [0.2, 0.25) is 0 Å². The Morgan fingerprint density at radius 2 is 1.85 bits per heavy atom. The predicted octanol–water partition coefficient (Wildman–Crippen LogP) is 3.29. The smallest absolute Gasteiger partial charge is 0.342 e. The number of aromatic nitrogens is 1. The van der Waals surface area contributed by atoms with E-state index in [1.165, 1.54) is 14.0 Å². The monoisotopic (exact) mass is 349 g/mol. The Bertz CT molecular complexity index is 993. The van der Waals surface area contributed by atoms with Crippen LogP contribution < -0.4 is 5.32 Å². The number of anilines is 1. The number of benzene rings is 1. The number of carbonyl (C=O) groups excluding carboxylic acids is 2. The van der Waals surface area contributed by atoms with Gasteiger partial charge in [0.2, 0.25) is 5.88 Å². The summed E-state index contributed by atoms with van der Waals surface area (Å²) >= 11 is 0. The maximum Gasteiger partial charge on any atom is 0.342 e. The molecule has 0 saturated carbocycles. The lowest BCUT2D eigenvalue weighted by molar-refractivity contribution is 0.0598. The average molecular weight is 349 g/mol. The first kappa shape index (κ1) is 17.0. The molecule has 0 fully saturated rings. The molecule has 1 aromatic carbocycles. The summed E-state index contributed by atoms with van der Waals surface area (Å²) in [5, 5.41) is 11.8. The van der Waals surface area contributed by atoms with Gasteiger partial charge in [0.15, 0.2) is 0 Å². The molecule has 130 valence electrons. The van der Waals surface area contributed by atoms with Crippen LogP contribution in [0.1, 0.15) is 32.0 Å². The lowest BCUT2D eigenvalue weighted by Crippen LogP contribution is -2.12. The summed E-state index contributed by atoms with van der Waals surface area (Å²) in [4.78, 5) is 24.2. The molecule has 1 amide bonds. The Hall–Kier alpha value is -3.79. The van der Waals surface area contributed by atoms with Crippen LogP contribution >= 0.6 is 0 Å². The quantitative estimate of drug-likeness (QED) is 0.729. The number of nitriles is 1. The molecule has 0 spiro atoms. The molecule has 2 heterocycles. The van der Waals surface area contributed by atoms with E-state index in [9.17, 15) is 14.9 Å². The van der Waals surface area contributed by atoms with Crippen molar-refractivity contribution in [3.63, 3.8) is 0 Å². The van der Waals surface area contributed by atoms with Crippen LogP contribution in [0.5, 0.6) is 0 Å². The number of carbonyl (C=O) groups is 2. The number of rotatable bonds is 4. The van der Waals surface area contributed by atoms with Gasteiger partial charge in [-0.1, -0.05) is 0 Å². The van der Waals surface area contributed by atoms with Gasteiger partial charge in [0.25, 0.3) is 5.91 Å². The van der Waals surface area contributed by atoms with Crippen LogP contribution in [-0.4, -0.2) is 23.6 Å². The second-order valence-corrected chi connectivity index (χ2v) is 5.43. The van der Waals surface area contributed by atoms with Gasteiger partial charge in [0.05, 0.1) is 7.11 Å². The fourth-order valence-electron chi connectivity index (χ4n) is 2.55. The molecule has 26 heavy (non-hydrogen) atoms. The third kappa shape index (κ3) is 3.08. The summed E-state index contributed by atoms with van der Waals surface area (Å²) < 4.78 is 11.9. The third-order valence-corrected chi connectivity index (χ3v) is 3.84. The van der Waals surface area contributed by atoms with Crippen molar-refractivity contribution in [1.29, 1.82) is 5.26 Å². The highest BCUT2D eigenvalue weighted by Gasteiger charge is 2.25. The van der Waals surface area contributed by atoms with Crippen molar-refractivity contribution in [1.82, 2.24) is 4.57 Å². The lowest BCUT2D eigenvalue weighted by Gasteiger charge is -2.06. The van der Waals surface area contributed by atoms with Crippen LogP contribution in [0.25, 0.3) is 5.69 Å². The summed E-state index contributed by atoms with van der Waals surface area (Å²) in [7, 11) is 1.21. The van der Waals surface area contributed by atoms with Gasteiger partial charge >= 0.3 is 5.97 Å². The molecule has 0 bridgehead atoms. The van der Waals surface area contributed by atoms with E-state index in [0.29, 0.717) is 5.56 Å². The van der Waals surface area contributed by atoms with E-state index < -0.39 is 11.9 Å². The molecule has 0 unspecified atom stereocenters. The Morgan fingerprint density at radius 3 is 2.42 bits per heavy atom. The van der Waals surface area contributed by atoms with Gasteiger partial charge in [0, 0.05) is 23.6 Å². The van der Waals surface area contributed by atoms with Crippen LogP contribution in [-0.2, 0) is 4.74 Å². The number of nitrogens with zero attached hydrogens (tertiary/aromatic N) is 2. The van der Waals surface area contributed by atoms with Crippen molar-refractivity contribution in [3.8, 4) is 11.8 Å². The zero-order valence-electron chi connectivity index (χ0n) is 14.1. The van der Waals surface area contributed by atoms with E-state index in [-0.39, 0.29) is 22.8 Å². The van der Waals surface area contributed by atoms with E-state index >= 15 is 0 Å². The number of hydrogen-bond donors (Lipinski definition) is 1. The maximum absolute atomic E-state index is 12.4. The molecule has 3 aromatic rings.